The molecule has 1 saturated heterocycles. The molecule has 1 aliphatic rings. The Morgan fingerprint density at radius 2 is 2.24 bits per heavy atom. The molecule has 0 aromatic carbocycles. The normalized spacial score (nSPS) is 19.9. The first-order chi connectivity index (χ1) is 7.63. The summed E-state index contributed by atoms with van der Waals surface area (Å²) in [5.41, 5.74) is 0. The fourth-order valence-corrected chi connectivity index (χ4v) is 2.89. The summed E-state index contributed by atoms with van der Waals surface area (Å²) < 4.78 is 0. The van der Waals surface area contributed by atoms with Crippen molar-refractivity contribution in [1.82, 2.24) is 10.2 Å². The van der Waals surface area contributed by atoms with Crippen LogP contribution in [-0.2, 0) is 4.79 Å². The Bertz CT molecular complexity index is 221. The van der Waals surface area contributed by atoms with Crippen molar-refractivity contribution >= 4 is 30.1 Å². The Kier molecular flexibility index (Phi) is 9.10. The zero-order valence-electron chi connectivity index (χ0n) is 11.1. The lowest BCUT2D eigenvalue weighted by atomic mass is 10.1. The topological polar surface area (TPSA) is 32.3 Å². The molecule has 1 aliphatic heterocycles. The minimum atomic E-state index is 0. The number of thioether (sulfide) groups is 1. The van der Waals surface area contributed by atoms with Gasteiger partial charge in [-0.15, -0.1) is 12.4 Å². The van der Waals surface area contributed by atoms with Crippen LogP contribution in [-0.4, -0.2) is 48.0 Å². The molecule has 0 aliphatic carbocycles. The number of hydrogen-bond acceptors (Lipinski definition) is 3. The minimum Gasteiger partial charge on any atom is -0.343 e. The molecule has 17 heavy (non-hydrogen) atoms. The summed E-state index contributed by atoms with van der Waals surface area (Å²) in [6.07, 6.45) is 0.660. The molecule has 0 spiro atoms. The molecule has 0 radical (unpaired) electrons. The van der Waals surface area contributed by atoms with Gasteiger partial charge in [-0.05, 0) is 12.8 Å². The van der Waals surface area contributed by atoms with Crippen LogP contribution in [0.4, 0.5) is 0 Å². The molecule has 102 valence electrons. The SMILES string of the molecule is CCN(CC(C)C)C(=O)CC1CSCCN1.Cl. The first-order valence-electron chi connectivity index (χ1n) is 6.22. The van der Waals surface area contributed by atoms with Crippen molar-refractivity contribution in [2.24, 2.45) is 5.92 Å². The van der Waals surface area contributed by atoms with Gasteiger partial charge in [-0.2, -0.15) is 11.8 Å². The second kappa shape index (κ2) is 9.06. The van der Waals surface area contributed by atoms with Crippen molar-refractivity contribution in [3.63, 3.8) is 0 Å². The van der Waals surface area contributed by atoms with E-state index in [0.717, 1.165) is 25.4 Å². The molecular weight excluding hydrogens is 256 g/mol. The van der Waals surface area contributed by atoms with Gasteiger partial charge in [0.15, 0.2) is 0 Å². The van der Waals surface area contributed by atoms with Crippen LogP contribution in [0.2, 0.25) is 0 Å². The molecule has 1 N–H and O–H groups in total. The summed E-state index contributed by atoms with van der Waals surface area (Å²) in [6, 6.07) is 0.382. The van der Waals surface area contributed by atoms with Crippen LogP contribution in [0.25, 0.3) is 0 Å². The highest BCUT2D eigenvalue weighted by molar-refractivity contribution is 7.99. The molecule has 3 nitrogen and oxygen atoms in total. The molecule has 0 saturated carbocycles. The first-order valence-corrected chi connectivity index (χ1v) is 7.37. The number of halogens is 1. The van der Waals surface area contributed by atoms with Crippen LogP contribution in [0.1, 0.15) is 27.2 Å². The van der Waals surface area contributed by atoms with Gasteiger partial charge in [0.1, 0.15) is 0 Å². The smallest absolute Gasteiger partial charge is 0.224 e. The van der Waals surface area contributed by atoms with E-state index in [1.165, 1.54) is 5.75 Å². The molecule has 1 rings (SSSR count). The van der Waals surface area contributed by atoms with E-state index in [9.17, 15) is 4.79 Å². The van der Waals surface area contributed by atoms with Gasteiger partial charge in [-0.3, -0.25) is 4.79 Å². The third-order valence-electron chi connectivity index (χ3n) is 2.74. The lowest BCUT2D eigenvalue weighted by Gasteiger charge is -2.27. The van der Waals surface area contributed by atoms with Gasteiger partial charge in [0.05, 0.1) is 0 Å². The maximum absolute atomic E-state index is 12.1. The second-order valence-electron chi connectivity index (χ2n) is 4.76. The lowest BCUT2D eigenvalue weighted by molar-refractivity contribution is -0.131. The van der Waals surface area contributed by atoms with Gasteiger partial charge in [0.25, 0.3) is 0 Å². The average Bonchev–Trinajstić information content (AvgIpc) is 2.26. The Balaban J connectivity index is 0.00000256. The molecule has 1 unspecified atom stereocenters. The van der Waals surface area contributed by atoms with Gasteiger partial charge in [0.2, 0.25) is 5.91 Å². The summed E-state index contributed by atoms with van der Waals surface area (Å²) in [6.45, 7) is 9.13. The van der Waals surface area contributed by atoms with Crippen molar-refractivity contribution < 1.29 is 4.79 Å². The van der Waals surface area contributed by atoms with Crippen molar-refractivity contribution in [1.29, 1.82) is 0 Å². The zero-order chi connectivity index (χ0) is 12.0. The summed E-state index contributed by atoms with van der Waals surface area (Å²) in [7, 11) is 0. The summed E-state index contributed by atoms with van der Waals surface area (Å²) in [4.78, 5) is 14.0. The summed E-state index contributed by atoms with van der Waals surface area (Å²) in [5.74, 6) is 3.10. The predicted octanol–water partition coefficient (Wildman–Crippen LogP) is 2.01. The van der Waals surface area contributed by atoms with Crippen LogP contribution in [0.15, 0.2) is 0 Å². The highest BCUT2D eigenvalue weighted by atomic mass is 35.5. The van der Waals surface area contributed by atoms with E-state index in [1.807, 2.05) is 16.7 Å². The third-order valence-corrected chi connectivity index (χ3v) is 3.87. The number of carbonyl (C=O) groups excluding carboxylic acids is 1. The average molecular weight is 281 g/mol. The predicted molar refractivity (Wildman–Crippen MR) is 78.1 cm³/mol. The lowest BCUT2D eigenvalue weighted by Crippen LogP contribution is -2.43. The number of carbonyl (C=O) groups is 1. The number of rotatable bonds is 5. The number of amides is 1. The molecule has 0 aromatic rings. The van der Waals surface area contributed by atoms with Crippen molar-refractivity contribution in [2.45, 2.75) is 33.2 Å². The quantitative estimate of drug-likeness (QED) is 0.836. The van der Waals surface area contributed by atoms with Crippen LogP contribution in [0.5, 0.6) is 0 Å². The Morgan fingerprint density at radius 3 is 2.71 bits per heavy atom. The highest BCUT2D eigenvalue weighted by Crippen LogP contribution is 2.12. The van der Waals surface area contributed by atoms with Crippen molar-refractivity contribution in [2.75, 3.05) is 31.1 Å². The zero-order valence-corrected chi connectivity index (χ0v) is 12.7. The molecule has 1 amide bonds. The van der Waals surface area contributed by atoms with Gasteiger partial charge in [-0.1, -0.05) is 13.8 Å². The monoisotopic (exact) mass is 280 g/mol. The van der Waals surface area contributed by atoms with E-state index in [0.29, 0.717) is 24.3 Å². The van der Waals surface area contributed by atoms with E-state index in [4.69, 9.17) is 0 Å². The van der Waals surface area contributed by atoms with Crippen LogP contribution < -0.4 is 5.32 Å². The van der Waals surface area contributed by atoms with Crippen LogP contribution in [0.3, 0.4) is 0 Å². The maximum Gasteiger partial charge on any atom is 0.224 e. The van der Waals surface area contributed by atoms with E-state index in [1.54, 1.807) is 0 Å². The fourth-order valence-electron chi connectivity index (χ4n) is 1.94. The highest BCUT2D eigenvalue weighted by Gasteiger charge is 2.20. The van der Waals surface area contributed by atoms with Gasteiger partial charge in [-0.25, -0.2) is 0 Å². The minimum absolute atomic E-state index is 0. The Hall–Kier alpha value is 0.0700. The molecule has 1 atom stereocenters. The summed E-state index contributed by atoms with van der Waals surface area (Å²) >= 11 is 1.94. The van der Waals surface area contributed by atoms with Gasteiger partial charge in [0, 0.05) is 43.6 Å². The number of nitrogens with one attached hydrogen (secondary N) is 1. The second-order valence-corrected chi connectivity index (χ2v) is 5.91. The molecule has 1 heterocycles. The van der Waals surface area contributed by atoms with Crippen molar-refractivity contribution in [3.05, 3.63) is 0 Å². The first kappa shape index (κ1) is 17.1. The Labute approximate surface area is 115 Å². The fraction of sp³-hybridized carbons (Fsp3) is 0.917. The number of nitrogens with zero attached hydrogens (tertiary/aromatic N) is 1. The maximum atomic E-state index is 12.1. The van der Waals surface area contributed by atoms with Crippen LogP contribution in [0, 0.1) is 5.92 Å². The molecular formula is C12H25ClN2OS. The number of hydrogen-bond donors (Lipinski definition) is 1. The van der Waals surface area contributed by atoms with Crippen LogP contribution >= 0.6 is 24.2 Å². The van der Waals surface area contributed by atoms with Gasteiger partial charge >= 0.3 is 0 Å². The van der Waals surface area contributed by atoms with E-state index in [-0.39, 0.29) is 12.4 Å². The standard InChI is InChI=1S/C12H24N2OS.ClH/c1-4-14(8-10(2)3)12(15)7-11-9-16-6-5-13-11;/h10-11,13H,4-9H2,1-3H3;1H. The largest absolute Gasteiger partial charge is 0.343 e. The molecule has 0 bridgehead atoms. The molecule has 1 fully saturated rings. The van der Waals surface area contributed by atoms with Gasteiger partial charge < -0.3 is 10.2 Å². The molecule has 0 aromatic heterocycles. The van der Waals surface area contributed by atoms with E-state index < -0.39 is 0 Å². The Morgan fingerprint density at radius 1 is 1.53 bits per heavy atom. The molecule has 5 heteroatoms. The van der Waals surface area contributed by atoms with E-state index in [2.05, 4.69) is 26.1 Å². The summed E-state index contributed by atoms with van der Waals surface area (Å²) in [5, 5.41) is 3.41. The van der Waals surface area contributed by atoms with Crippen molar-refractivity contribution in [3.8, 4) is 0 Å². The van der Waals surface area contributed by atoms with E-state index >= 15 is 0 Å². The third kappa shape index (κ3) is 6.53.